The normalized spacial score (nSPS) is 28.8. The molecular weight excluding hydrogens is 274 g/mol. The van der Waals surface area contributed by atoms with Gasteiger partial charge in [0.25, 0.3) is 6.02 Å². The van der Waals surface area contributed by atoms with Crippen molar-refractivity contribution >= 4 is 6.02 Å². The number of rotatable bonds is 3. The van der Waals surface area contributed by atoms with Crippen LogP contribution in [-0.4, -0.2) is 53.6 Å². The van der Waals surface area contributed by atoms with Gasteiger partial charge in [-0.05, 0) is 71.5 Å². The van der Waals surface area contributed by atoms with Crippen molar-refractivity contribution in [2.45, 2.75) is 70.9 Å². The summed E-state index contributed by atoms with van der Waals surface area (Å²) in [4.78, 5) is 9.69. The third-order valence-electron chi connectivity index (χ3n) is 6.13. The number of likely N-dealkylation sites (N-methyl/N-ethyl adjacent to an activating group) is 1. The third-order valence-corrected chi connectivity index (χ3v) is 6.13. The van der Waals surface area contributed by atoms with Crippen molar-refractivity contribution in [1.29, 1.82) is 0 Å². The van der Waals surface area contributed by atoms with Gasteiger partial charge >= 0.3 is 0 Å². The summed E-state index contributed by atoms with van der Waals surface area (Å²) in [5, 5.41) is 0. The van der Waals surface area contributed by atoms with E-state index in [1.807, 2.05) is 0 Å². The summed E-state index contributed by atoms with van der Waals surface area (Å²) in [6.45, 7) is 12.1. The fraction of sp³-hybridized carbons (Fsp3) is 0.833. The van der Waals surface area contributed by atoms with Crippen LogP contribution in [0.3, 0.4) is 0 Å². The molecule has 0 aromatic carbocycles. The van der Waals surface area contributed by atoms with Crippen molar-refractivity contribution < 1.29 is 4.74 Å². The van der Waals surface area contributed by atoms with Gasteiger partial charge in [0.15, 0.2) is 0 Å². The average molecular weight is 305 g/mol. The number of ether oxygens (including phenoxy) is 1. The van der Waals surface area contributed by atoms with Crippen molar-refractivity contribution in [2.24, 2.45) is 4.99 Å². The Labute approximate surface area is 135 Å². The fourth-order valence-electron chi connectivity index (χ4n) is 4.28. The molecule has 0 N–H and O–H groups in total. The topological polar surface area (TPSA) is 28.1 Å². The van der Waals surface area contributed by atoms with E-state index >= 15 is 0 Å². The lowest BCUT2D eigenvalue weighted by Gasteiger charge is -2.34. The molecule has 2 saturated heterocycles. The van der Waals surface area contributed by atoms with Crippen LogP contribution in [-0.2, 0) is 4.74 Å². The molecule has 3 aliphatic rings. The Balaban J connectivity index is 1.75. The minimum absolute atomic E-state index is 0.0713. The zero-order valence-electron chi connectivity index (χ0n) is 14.9. The molecule has 2 fully saturated rings. The summed E-state index contributed by atoms with van der Waals surface area (Å²) in [5.74, 6) is 0. The SMILES string of the molecule is CC/C(C)=C1/N=C(OCC23CCCN2CCC3)N(C)C1(C)C. The van der Waals surface area contributed by atoms with Gasteiger partial charge in [-0.25, -0.2) is 0 Å². The summed E-state index contributed by atoms with van der Waals surface area (Å²) in [5.41, 5.74) is 2.76. The van der Waals surface area contributed by atoms with E-state index in [4.69, 9.17) is 9.73 Å². The second-order valence-corrected chi connectivity index (χ2v) is 7.70. The highest BCUT2D eigenvalue weighted by Crippen LogP contribution is 2.40. The molecule has 0 unspecified atom stereocenters. The summed E-state index contributed by atoms with van der Waals surface area (Å²) < 4.78 is 6.26. The van der Waals surface area contributed by atoms with Crippen LogP contribution in [0.25, 0.3) is 0 Å². The van der Waals surface area contributed by atoms with E-state index in [9.17, 15) is 0 Å². The van der Waals surface area contributed by atoms with Gasteiger partial charge in [0.2, 0.25) is 0 Å². The largest absolute Gasteiger partial charge is 0.463 e. The molecule has 0 aromatic rings. The smallest absolute Gasteiger partial charge is 0.292 e. The highest BCUT2D eigenvalue weighted by molar-refractivity contribution is 5.80. The molecule has 0 saturated carbocycles. The molecule has 3 rings (SSSR count). The first-order valence-electron chi connectivity index (χ1n) is 8.81. The zero-order chi connectivity index (χ0) is 16.0. The minimum Gasteiger partial charge on any atom is -0.463 e. The lowest BCUT2D eigenvalue weighted by atomic mass is 9.95. The highest BCUT2D eigenvalue weighted by Gasteiger charge is 2.46. The number of allylic oxidation sites excluding steroid dienone is 1. The molecule has 22 heavy (non-hydrogen) atoms. The quantitative estimate of drug-likeness (QED) is 0.800. The van der Waals surface area contributed by atoms with E-state index in [2.05, 4.69) is 44.5 Å². The predicted octanol–water partition coefficient (Wildman–Crippen LogP) is 3.40. The van der Waals surface area contributed by atoms with Crippen molar-refractivity contribution in [1.82, 2.24) is 9.80 Å². The van der Waals surface area contributed by atoms with Crippen LogP contribution in [0.1, 0.15) is 59.8 Å². The second-order valence-electron chi connectivity index (χ2n) is 7.70. The molecule has 4 heteroatoms. The van der Waals surface area contributed by atoms with E-state index in [1.54, 1.807) is 0 Å². The molecule has 124 valence electrons. The molecule has 0 amide bonds. The molecule has 0 aliphatic carbocycles. The Morgan fingerprint density at radius 2 is 1.86 bits per heavy atom. The van der Waals surface area contributed by atoms with Gasteiger partial charge in [0.05, 0.1) is 16.8 Å². The van der Waals surface area contributed by atoms with Crippen molar-refractivity contribution in [3.8, 4) is 0 Å². The van der Waals surface area contributed by atoms with Crippen LogP contribution in [0.5, 0.6) is 0 Å². The minimum atomic E-state index is -0.0713. The number of aliphatic imine (C=N–C) groups is 1. The van der Waals surface area contributed by atoms with Crippen molar-refractivity contribution in [3.63, 3.8) is 0 Å². The van der Waals surface area contributed by atoms with Crippen molar-refractivity contribution in [2.75, 3.05) is 26.7 Å². The Hall–Kier alpha value is -1.03. The second kappa shape index (κ2) is 5.55. The maximum absolute atomic E-state index is 6.26. The van der Waals surface area contributed by atoms with Gasteiger partial charge in [-0.1, -0.05) is 6.92 Å². The first-order chi connectivity index (χ1) is 10.4. The van der Waals surface area contributed by atoms with Crippen LogP contribution in [0.2, 0.25) is 0 Å². The highest BCUT2D eigenvalue weighted by atomic mass is 16.5. The molecule has 3 heterocycles. The molecule has 0 spiro atoms. The zero-order valence-corrected chi connectivity index (χ0v) is 14.9. The Bertz CT molecular complexity index is 496. The van der Waals surface area contributed by atoms with Crippen LogP contribution in [0, 0.1) is 0 Å². The van der Waals surface area contributed by atoms with Crippen molar-refractivity contribution in [3.05, 3.63) is 11.3 Å². The van der Waals surface area contributed by atoms with Gasteiger partial charge in [-0.2, -0.15) is 4.99 Å². The number of nitrogens with zero attached hydrogens (tertiary/aromatic N) is 3. The monoisotopic (exact) mass is 305 g/mol. The fourth-order valence-corrected chi connectivity index (χ4v) is 4.28. The Kier molecular flexibility index (Phi) is 4.00. The molecule has 3 aliphatic heterocycles. The standard InChI is InChI=1S/C18H31N3O/c1-6-14(2)15-17(3,4)20(5)16(19-15)22-13-18-9-7-11-21(18)12-8-10-18/h6-13H2,1-5H3/b15-14+. The molecular formula is C18H31N3O. The van der Waals surface area contributed by atoms with Crippen LogP contribution in [0.4, 0.5) is 0 Å². The molecule has 4 nitrogen and oxygen atoms in total. The van der Waals surface area contributed by atoms with Crippen LogP contribution >= 0.6 is 0 Å². The van der Waals surface area contributed by atoms with E-state index in [0.717, 1.165) is 19.0 Å². The van der Waals surface area contributed by atoms with E-state index in [-0.39, 0.29) is 5.54 Å². The lowest BCUT2D eigenvalue weighted by Crippen LogP contribution is -2.46. The van der Waals surface area contributed by atoms with Crippen LogP contribution < -0.4 is 0 Å². The molecule has 0 aromatic heterocycles. The maximum Gasteiger partial charge on any atom is 0.292 e. The number of fused-ring (bicyclic) bond motifs is 1. The number of hydrogen-bond acceptors (Lipinski definition) is 4. The van der Waals surface area contributed by atoms with Crippen LogP contribution in [0.15, 0.2) is 16.3 Å². The first-order valence-corrected chi connectivity index (χ1v) is 8.81. The Morgan fingerprint density at radius 3 is 2.45 bits per heavy atom. The average Bonchev–Trinajstić information content (AvgIpc) is 3.10. The van der Waals surface area contributed by atoms with Gasteiger partial charge in [-0.15, -0.1) is 0 Å². The third kappa shape index (κ3) is 2.36. The first kappa shape index (κ1) is 15.9. The Morgan fingerprint density at radius 1 is 1.23 bits per heavy atom. The predicted molar refractivity (Wildman–Crippen MR) is 91.0 cm³/mol. The number of amidine groups is 1. The summed E-state index contributed by atoms with van der Waals surface area (Å²) in [6, 6.07) is 0.806. The maximum atomic E-state index is 6.26. The molecule has 0 bridgehead atoms. The van der Waals surface area contributed by atoms with Gasteiger partial charge in [-0.3, -0.25) is 4.90 Å². The van der Waals surface area contributed by atoms with Gasteiger partial charge < -0.3 is 9.64 Å². The molecule has 0 atom stereocenters. The van der Waals surface area contributed by atoms with Gasteiger partial charge in [0.1, 0.15) is 6.61 Å². The molecule has 0 radical (unpaired) electrons. The van der Waals surface area contributed by atoms with E-state index < -0.39 is 0 Å². The summed E-state index contributed by atoms with van der Waals surface area (Å²) in [7, 11) is 2.10. The van der Waals surface area contributed by atoms with E-state index in [1.165, 1.54) is 50.0 Å². The number of hydrogen-bond donors (Lipinski definition) is 0. The summed E-state index contributed by atoms with van der Waals surface area (Å²) in [6.07, 6.45) is 6.24. The summed E-state index contributed by atoms with van der Waals surface area (Å²) >= 11 is 0. The van der Waals surface area contributed by atoms with E-state index in [0.29, 0.717) is 5.54 Å². The lowest BCUT2D eigenvalue weighted by molar-refractivity contribution is 0.0912. The van der Waals surface area contributed by atoms with Gasteiger partial charge in [0, 0.05) is 7.05 Å².